The molecule has 39 heavy (non-hydrogen) atoms. The lowest BCUT2D eigenvalue weighted by molar-refractivity contribution is 0.102. The van der Waals surface area contributed by atoms with Gasteiger partial charge in [0.2, 0.25) is 10.0 Å². The van der Waals surface area contributed by atoms with Crippen LogP contribution in [0.5, 0.6) is 11.5 Å². The van der Waals surface area contributed by atoms with E-state index in [1.54, 1.807) is 24.3 Å². The summed E-state index contributed by atoms with van der Waals surface area (Å²) in [6.07, 6.45) is 3.56. The Hall–Kier alpha value is -3.61. The summed E-state index contributed by atoms with van der Waals surface area (Å²) in [6.45, 7) is 0.886. The minimum atomic E-state index is -3.87. The Morgan fingerprint density at radius 2 is 1.33 bits per heavy atom. The average molecular weight is 574 g/mol. The molecule has 0 saturated carbocycles. The molecule has 3 aromatic carbocycles. The molecule has 1 heterocycles. The number of sulfonamides is 2. The molecule has 12 heteroatoms. The fraction of sp³-hybridized carbons (Fsp3) is 0.296. The predicted molar refractivity (Wildman–Crippen MR) is 148 cm³/mol. The van der Waals surface area contributed by atoms with E-state index in [0.29, 0.717) is 30.2 Å². The quantitative estimate of drug-likeness (QED) is 0.390. The van der Waals surface area contributed by atoms with Crippen molar-refractivity contribution in [3.8, 4) is 11.5 Å². The number of methoxy groups -OCH3 is 2. The minimum Gasteiger partial charge on any atom is -0.497 e. The summed E-state index contributed by atoms with van der Waals surface area (Å²) in [7, 11) is -4.73. The summed E-state index contributed by atoms with van der Waals surface area (Å²) >= 11 is 0. The van der Waals surface area contributed by atoms with Crippen LogP contribution in [0.25, 0.3) is 0 Å². The van der Waals surface area contributed by atoms with Crippen molar-refractivity contribution in [2.45, 2.75) is 35.5 Å². The van der Waals surface area contributed by atoms with Crippen molar-refractivity contribution >= 4 is 37.3 Å². The van der Waals surface area contributed by atoms with Crippen LogP contribution in [0.1, 0.15) is 36.0 Å². The van der Waals surface area contributed by atoms with Crippen molar-refractivity contribution in [1.82, 2.24) is 4.31 Å². The van der Waals surface area contributed by atoms with Crippen LogP contribution in [0, 0.1) is 0 Å². The minimum absolute atomic E-state index is 0.000520. The van der Waals surface area contributed by atoms with Crippen molar-refractivity contribution in [3.05, 3.63) is 72.3 Å². The van der Waals surface area contributed by atoms with Crippen molar-refractivity contribution in [1.29, 1.82) is 0 Å². The molecule has 1 aliphatic heterocycles. The Balaban J connectivity index is 1.51. The van der Waals surface area contributed by atoms with Crippen LogP contribution in [0.3, 0.4) is 0 Å². The van der Waals surface area contributed by atoms with Gasteiger partial charge in [-0.25, -0.2) is 16.8 Å². The number of amides is 1. The lowest BCUT2D eigenvalue weighted by Crippen LogP contribution is -2.32. The molecule has 0 aromatic heterocycles. The number of anilines is 2. The highest BCUT2D eigenvalue weighted by Gasteiger charge is 2.27. The van der Waals surface area contributed by atoms with Crippen molar-refractivity contribution in [3.63, 3.8) is 0 Å². The molecule has 0 atom stereocenters. The smallest absolute Gasteiger partial charge is 0.261 e. The standard InChI is InChI=1S/C27H31N3O7S2/c1-36-22-11-7-21(8-12-22)29-38(32,33)23-13-9-20(10-14-23)28-27(31)25-19-24(15-16-26(25)37-2)39(34,35)30-17-5-3-4-6-18-30/h7-16,19,29H,3-6,17-18H2,1-2H3,(H,28,31). The molecule has 0 bridgehead atoms. The number of carbonyl (C=O) groups is 1. The van der Waals surface area contributed by atoms with Crippen LogP contribution in [0.2, 0.25) is 0 Å². The van der Waals surface area contributed by atoms with Crippen molar-refractivity contribution in [2.75, 3.05) is 37.3 Å². The maximum absolute atomic E-state index is 13.3. The Labute approximate surface area is 229 Å². The first kappa shape index (κ1) is 28.4. The van der Waals surface area contributed by atoms with E-state index in [9.17, 15) is 21.6 Å². The summed E-state index contributed by atoms with van der Waals surface area (Å²) in [6, 6.07) is 16.3. The van der Waals surface area contributed by atoms with Crippen molar-refractivity contribution < 1.29 is 31.1 Å². The van der Waals surface area contributed by atoms with E-state index in [1.807, 2.05) is 0 Å². The number of nitrogens with one attached hydrogen (secondary N) is 2. The van der Waals surface area contributed by atoms with E-state index >= 15 is 0 Å². The van der Waals surface area contributed by atoms with Crippen molar-refractivity contribution in [2.24, 2.45) is 0 Å². The van der Waals surface area contributed by atoms with Gasteiger partial charge in [0.15, 0.2) is 0 Å². The second-order valence-corrected chi connectivity index (χ2v) is 12.6. The van der Waals surface area contributed by atoms with Crippen LogP contribution >= 0.6 is 0 Å². The zero-order valence-corrected chi connectivity index (χ0v) is 23.3. The molecule has 0 unspecified atom stereocenters. The van der Waals surface area contributed by atoms with Gasteiger partial charge in [0.25, 0.3) is 15.9 Å². The molecule has 1 fully saturated rings. The van der Waals surface area contributed by atoms with Crippen LogP contribution in [-0.4, -0.2) is 54.4 Å². The first-order valence-corrected chi connectivity index (χ1v) is 15.3. The third-order valence-corrected chi connectivity index (χ3v) is 9.67. The molecule has 208 valence electrons. The molecule has 0 radical (unpaired) electrons. The highest BCUT2D eigenvalue weighted by molar-refractivity contribution is 7.92. The van der Waals surface area contributed by atoms with E-state index < -0.39 is 26.0 Å². The summed E-state index contributed by atoms with van der Waals surface area (Å²) in [5.41, 5.74) is 0.743. The number of benzene rings is 3. The van der Waals surface area contributed by atoms with Crippen LogP contribution in [0.4, 0.5) is 11.4 Å². The molecular formula is C27H31N3O7S2. The molecule has 1 aliphatic rings. The largest absolute Gasteiger partial charge is 0.497 e. The van der Waals surface area contributed by atoms with Gasteiger partial charge >= 0.3 is 0 Å². The Morgan fingerprint density at radius 3 is 1.92 bits per heavy atom. The molecular weight excluding hydrogens is 542 g/mol. The van der Waals surface area contributed by atoms with Gasteiger partial charge in [-0.15, -0.1) is 0 Å². The zero-order valence-electron chi connectivity index (χ0n) is 21.7. The van der Waals surface area contributed by atoms with Gasteiger partial charge in [0.1, 0.15) is 11.5 Å². The number of hydrogen-bond acceptors (Lipinski definition) is 7. The molecule has 0 spiro atoms. The molecule has 2 N–H and O–H groups in total. The highest BCUT2D eigenvalue weighted by atomic mass is 32.2. The number of rotatable bonds is 9. The first-order valence-electron chi connectivity index (χ1n) is 12.4. The summed E-state index contributed by atoms with van der Waals surface area (Å²) < 4.78 is 66.4. The summed E-state index contributed by atoms with van der Waals surface area (Å²) in [4.78, 5) is 13.2. The number of hydrogen-bond donors (Lipinski definition) is 2. The van der Waals surface area contributed by atoms with Gasteiger partial charge in [-0.1, -0.05) is 12.8 Å². The number of nitrogens with zero attached hydrogens (tertiary/aromatic N) is 1. The van der Waals surface area contributed by atoms with Gasteiger partial charge in [0, 0.05) is 24.5 Å². The second-order valence-electron chi connectivity index (χ2n) is 8.99. The number of carbonyl (C=O) groups excluding carboxylic acids is 1. The SMILES string of the molecule is COc1ccc(NS(=O)(=O)c2ccc(NC(=O)c3cc(S(=O)(=O)N4CCCCCC4)ccc3OC)cc2)cc1. The van der Waals surface area contributed by atoms with Gasteiger partial charge in [0.05, 0.1) is 29.6 Å². The molecule has 4 rings (SSSR count). The lowest BCUT2D eigenvalue weighted by Gasteiger charge is -2.20. The Kier molecular flexibility index (Phi) is 8.78. The van der Waals surface area contributed by atoms with E-state index in [-0.39, 0.29) is 21.1 Å². The van der Waals surface area contributed by atoms with Crippen LogP contribution < -0.4 is 19.5 Å². The van der Waals surface area contributed by atoms with Crippen LogP contribution in [-0.2, 0) is 20.0 Å². The normalized spacial score (nSPS) is 14.7. The fourth-order valence-corrected chi connectivity index (χ4v) is 6.85. The summed E-state index contributed by atoms with van der Waals surface area (Å²) in [5.74, 6) is 0.219. The third-order valence-electron chi connectivity index (χ3n) is 6.38. The monoisotopic (exact) mass is 573 g/mol. The third kappa shape index (κ3) is 6.70. The maximum Gasteiger partial charge on any atom is 0.261 e. The maximum atomic E-state index is 13.3. The van der Waals surface area contributed by atoms with Gasteiger partial charge in [-0.2, -0.15) is 4.31 Å². The van der Waals surface area contributed by atoms with E-state index in [4.69, 9.17) is 9.47 Å². The topological polar surface area (TPSA) is 131 Å². The molecule has 1 amide bonds. The van der Waals surface area contributed by atoms with E-state index in [0.717, 1.165) is 25.7 Å². The van der Waals surface area contributed by atoms with Gasteiger partial charge in [-0.05, 0) is 79.6 Å². The Bertz CT molecular complexity index is 1510. The number of ether oxygens (including phenoxy) is 2. The summed E-state index contributed by atoms with van der Waals surface area (Å²) in [5, 5.41) is 2.69. The van der Waals surface area contributed by atoms with Gasteiger partial charge in [-0.3, -0.25) is 9.52 Å². The second kappa shape index (κ2) is 12.1. The van der Waals surface area contributed by atoms with Gasteiger partial charge < -0.3 is 14.8 Å². The first-order chi connectivity index (χ1) is 18.6. The van der Waals surface area contributed by atoms with E-state index in [1.165, 1.54) is 61.0 Å². The molecule has 0 aliphatic carbocycles. The highest BCUT2D eigenvalue weighted by Crippen LogP contribution is 2.27. The van der Waals surface area contributed by atoms with Crippen LogP contribution in [0.15, 0.2) is 76.5 Å². The molecule has 3 aromatic rings. The molecule has 1 saturated heterocycles. The predicted octanol–water partition coefficient (Wildman–Crippen LogP) is 4.32. The zero-order chi connectivity index (χ0) is 28.0. The van der Waals surface area contributed by atoms with E-state index in [2.05, 4.69) is 10.0 Å². The average Bonchev–Trinajstić information content (AvgIpc) is 3.24. The Morgan fingerprint density at radius 1 is 0.744 bits per heavy atom. The molecule has 10 nitrogen and oxygen atoms in total. The fourth-order valence-electron chi connectivity index (χ4n) is 4.25. The lowest BCUT2D eigenvalue weighted by atomic mass is 10.2.